The number of benzene rings is 1. The first-order valence-electron chi connectivity index (χ1n) is 4.99. The second-order valence-corrected chi connectivity index (χ2v) is 3.49. The fourth-order valence-electron chi connectivity index (χ4n) is 1.33. The van der Waals surface area contributed by atoms with Gasteiger partial charge in [0.15, 0.2) is 0 Å². The minimum Gasteiger partial charge on any atom is -0.508 e. The van der Waals surface area contributed by atoms with Gasteiger partial charge < -0.3 is 15.5 Å². The maximum Gasteiger partial charge on any atom is 0.303 e. The van der Waals surface area contributed by atoms with Gasteiger partial charge in [-0.15, -0.1) is 0 Å². The molecule has 16 heavy (non-hydrogen) atoms. The van der Waals surface area contributed by atoms with E-state index in [1.165, 1.54) is 12.1 Å². The molecule has 3 N–H and O–H groups in total. The first kappa shape index (κ1) is 12.4. The number of aliphatic carboxylic acids is 1. The zero-order chi connectivity index (χ0) is 12.0. The van der Waals surface area contributed by atoms with Gasteiger partial charge in [-0.2, -0.15) is 0 Å². The Morgan fingerprint density at radius 1 is 1.38 bits per heavy atom. The predicted octanol–water partition coefficient (Wildman–Crippen LogP) is 1.49. The van der Waals surface area contributed by atoms with Crippen LogP contribution in [0.15, 0.2) is 18.2 Å². The number of rotatable bonds is 6. The maximum absolute atomic E-state index is 12.8. The van der Waals surface area contributed by atoms with Gasteiger partial charge in [0.2, 0.25) is 0 Å². The molecule has 1 rings (SSSR count). The molecule has 5 heteroatoms. The number of carbonyl (C=O) groups is 1. The molecule has 1 aromatic rings. The Morgan fingerprint density at radius 3 is 2.75 bits per heavy atom. The molecule has 0 unspecified atom stereocenters. The third-order valence-corrected chi connectivity index (χ3v) is 2.02. The normalized spacial score (nSPS) is 10.3. The van der Waals surface area contributed by atoms with Crippen molar-refractivity contribution in [1.29, 1.82) is 0 Å². The van der Waals surface area contributed by atoms with E-state index < -0.39 is 11.8 Å². The molecule has 0 bridgehead atoms. The minimum absolute atomic E-state index is 0.109. The Bertz CT molecular complexity index is 348. The number of aromatic hydroxyl groups is 1. The van der Waals surface area contributed by atoms with Gasteiger partial charge in [-0.25, -0.2) is 4.39 Å². The summed E-state index contributed by atoms with van der Waals surface area (Å²) in [4.78, 5) is 10.2. The first-order chi connectivity index (χ1) is 7.58. The van der Waals surface area contributed by atoms with Crippen LogP contribution in [-0.4, -0.2) is 22.7 Å². The summed E-state index contributed by atoms with van der Waals surface area (Å²) in [5, 5.41) is 20.5. The Morgan fingerprint density at radius 2 is 2.12 bits per heavy atom. The Hall–Kier alpha value is -1.62. The Labute approximate surface area is 92.7 Å². The number of halogens is 1. The second-order valence-electron chi connectivity index (χ2n) is 3.49. The van der Waals surface area contributed by atoms with Gasteiger partial charge in [-0.1, -0.05) is 0 Å². The van der Waals surface area contributed by atoms with Gasteiger partial charge in [0.05, 0.1) is 0 Å². The lowest BCUT2D eigenvalue weighted by atomic mass is 10.2. The molecule has 0 radical (unpaired) electrons. The summed E-state index contributed by atoms with van der Waals surface area (Å²) in [6.45, 7) is 0.953. The topological polar surface area (TPSA) is 69.6 Å². The maximum atomic E-state index is 12.8. The smallest absolute Gasteiger partial charge is 0.303 e. The lowest BCUT2D eigenvalue weighted by molar-refractivity contribution is -0.137. The van der Waals surface area contributed by atoms with Crippen molar-refractivity contribution < 1.29 is 19.4 Å². The summed E-state index contributed by atoms with van der Waals surface area (Å²) in [5.74, 6) is -1.42. The third-order valence-electron chi connectivity index (χ3n) is 2.02. The van der Waals surface area contributed by atoms with Crippen molar-refractivity contribution >= 4 is 5.97 Å². The van der Waals surface area contributed by atoms with Crippen molar-refractivity contribution in [2.75, 3.05) is 6.54 Å². The molecule has 1 aromatic carbocycles. The van der Waals surface area contributed by atoms with Crippen LogP contribution in [-0.2, 0) is 11.3 Å². The van der Waals surface area contributed by atoms with E-state index in [0.717, 1.165) is 6.07 Å². The molecular formula is C11H14FNO3. The zero-order valence-corrected chi connectivity index (χ0v) is 8.74. The predicted molar refractivity (Wildman–Crippen MR) is 56.6 cm³/mol. The van der Waals surface area contributed by atoms with Gasteiger partial charge in [0.1, 0.15) is 11.6 Å². The SMILES string of the molecule is O=C(O)CCCNCc1cc(O)cc(F)c1. The van der Waals surface area contributed by atoms with Gasteiger partial charge in [-0.3, -0.25) is 4.79 Å². The molecule has 88 valence electrons. The fourth-order valence-corrected chi connectivity index (χ4v) is 1.33. The van der Waals surface area contributed by atoms with Gasteiger partial charge in [0, 0.05) is 19.0 Å². The third kappa shape index (κ3) is 4.75. The summed E-state index contributed by atoms with van der Waals surface area (Å²) in [7, 11) is 0. The van der Waals surface area contributed by atoms with Gasteiger partial charge in [-0.05, 0) is 30.7 Å². The van der Waals surface area contributed by atoms with Gasteiger partial charge >= 0.3 is 5.97 Å². The molecule has 0 saturated carbocycles. The van der Waals surface area contributed by atoms with Crippen LogP contribution >= 0.6 is 0 Å². The number of phenols is 1. The molecule has 4 nitrogen and oxygen atoms in total. The first-order valence-corrected chi connectivity index (χ1v) is 4.99. The van der Waals surface area contributed by atoms with Crippen molar-refractivity contribution in [2.45, 2.75) is 19.4 Å². The number of carboxylic acid groups (broad SMARTS) is 1. The van der Waals surface area contributed by atoms with E-state index in [1.54, 1.807) is 0 Å². The van der Waals surface area contributed by atoms with Crippen molar-refractivity contribution in [1.82, 2.24) is 5.32 Å². The van der Waals surface area contributed by atoms with Crippen molar-refractivity contribution in [3.05, 3.63) is 29.6 Å². The molecule has 0 fully saturated rings. The standard InChI is InChI=1S/C11H14FNO3/c12-9-4-8(5-10(14)6-9)7-13-3-1-2-11(15)16/h4-6,13-14H,1-3,7H2,(H,15,16). The highest BCUT2D eigenvalue weighted by Gasteiger charge is 2.00. The number of nitrogens with one attached hydrogen (secondary N) is 1. The largest absolute Gasteiger partial charge is 0.508 e. The van der Waals surface area contributed by atoms with E-state index in [9.17, 15) is 9.18 Å². The summed E-state index contributed by atoms with van der Waals surface area (Å²) in [6.07, 6.45) is 0.637. The summed E-state index contributed by atoms with van der Waals surface area (Å²) >= 11 is 0. The highest BCUT2D eigenvalue weighted by Crippen LogP contribution is 2.14. The average molecular weight is 227 g/mol. The van der Waals surface area contributed by atoms with E-state index in [-0.39, 0.29) is 12.2 Å². The summed E-state index contributed by atoms with van der Waals surface area (Å²) in [6, 6.07) is 3.82. The van der Waals surface area contributed by atoms with Gasteiger partial charge in [0.25, 0.3) is 0 Å². The minimum atomic E-state index is -0.829. The van der Waals surface area contributed by atoms with E-state index >= 15 is 0 Å². The number of hydrogen-bond acceptors (Lipinski definition) is 3. The van der Waals surface area contributed by atoms with E-state index in [0.29, 0.717) is 25.1 Å². The molecule has 0 saturated heterocycles. The van der Waals surface area contributed by atoms with E-state index in [4.69, 9.17) is 10.2 Å². The van der Waals surface area contributed by atoms with Crippen LogP contribution in [0.4, 0.5) is 4.39 Å². The molecule has 0 spiro atoms. The molecule has 0 aliphatic heterocycles. The molecule has 0 amide bonds. The quantitative estimate of drug-likeness (QED) is 0.644. The van der Waals surface area contributed by atoms with Crippen LogP contribution in [0, 0.1) is 5.82 Å². The molecule has 0 aliphatic rings. The average Bonchev–Trinajstić information content (AvgIpc) is 2.15. The number of hydrogen-bond donors (Lipinski definition) is 3. The Kier molecular flexibility index (Phi) is 4.72. The Balaban J connectivity index is 2.29. The lowest BCUT2D eigenvalue weighted by Gasteiger charge is -2.04. The number of phenolic OH excluding ortho intramolecular Hbond substituents is 1. The van der Waals surface area contributed by atoms with Crippen molar-refractivity contribution in [3.8, 4) is 5.75 Å². The molecule has 0 heterocycles. The van der Waals surface area contributed by atoms with Crippen LogP contribution in [0.1, 0.15) is 18.4 Å². The van der Waals surface area contributed by atoms with Crippen LogP contribution in [0.5, 0.6) is 5.75 Å². The molecule has 0 aliphatic carbocycles. The highest BCUT2D eigenvalue weighted by molar-refractivity contribution is 5.66. The molecular weight excluding hydrogens is 213 g/mol. The van der Waals surface area contributed by atoms with Crippen LogP contribution in [0.3, 0.4) is 0 Å². The second kappa shape index (κ2) is 6.07. The zero-order valence-electron chi connectivity index (χ0n) is 8.74. The fraction of sp³-hybridized carbons (Fsp3) is 0.364. The van der Waals surface area contributed by atoms with Crippen molar-refractivity contribution in [3.63, 3.8) is 0 Å². The van der Waals surface area contributed by atoms with Crippen LogP contribution in [0.2, 0.25) is 0 Å². The van der Waals surface area contributed by atoms with E-state index in [2.05, 4.69) is 5.32 Å². The summed E-state index contributed by atoms with van der Waals surface area (Å²) in [5.41, 5.74) is 0.632. The lowest BCUT2D eigenvalue weighted by Crippen LogP contribution is -2.15. The molecule has 0 aromatic heterocycles. The highest BCUT2D eigenvalue weighted by atomic mass is 19.1. The summed E-state index contributed by atoms with van der Waals surface area (Å²) < 4.78 is 12.8. The van der Waals surface area contributed by atoms with Crippen molar-refractivity contribution in [2.24, 2.45) is 0 Å². The molecule has 0 atom stereocenters. The van der Waals surface area contributed by atoms with Crippen LogP contribution < -0.4 is 5.32 Å². The monoisotopic (exact) mass is 227 g/mol. The van der Waals surface area contributed by atoms with E-state index in [1.807, 2.05) is 0 Å². The van der Waals surface area contributed by atoms with Crippen LogP contribution in [0.25, 0.3) is 0 Å². The number of carboxylic acids is 1.